The summed E-state index contributed by atoms with van der Waals surface area (Å²) in [5.74, 6) is -0.229. The molecular formula is C20H26N2O2. The fourth-order valence-electron chi connectivity index (χ4n) is 2.66. The fourth-order valence-corrected chi connectivity index (χ4v) is 2.66. The normalized spacial score (nSPS) is 14.6. The molecule has 0 radical (unpaired) electrons. The van der Waals surface area contributed by atoms with Gasteiger partial charge in [-0.25, -0.2) is 0 Å². The van der Waals surface area contributed by atoms with Crippen LogP contribution in [0.5, 0.6) is 0 Å². The Morgan fingerprint density at radius 1 is 1.04 bits per heavy atom. The lowest BCUT2D eigenvalue weighted by atomic mass is 9.95. The smallest absolute Gasteiger partial charge is 0.237 e. The maximum Gasteiger partial charge on any atom is 0.237 e. The van der Waals surface area contributed by atoms with Crippen LogP contribution in [0.15, 0.2) is 60.7 Å². The van der Waals surface area contributed by atoms with Crippen molar-refractivity contribution in [2.45, 2.75) is 44.4 Å². The van der Waals surface area contributed by atoms with Gasteiger partial charge in [0, 0.05) is 0 Å². The van der Waals surface area contributed by atoms with Crippen molar-refractivity contribution in [3.8, 4) is 0 Å². The number of hydrogen-bond acceptors (Lipinski definition) is 3. The largest absolute Gasteiger partial charge is 0.386 e. The quantitative estimate of drug-likeness (QED) is 0.698. The first-order chi connectivity index (χ1) is 11.6. The van der Waals surface area contributed by atoms with E-state index >= 15 is 0 Å². The summed E-state index contributed by atoms with van der Waals surface area (Å²) in [5, 5.41) is 13.7. The number of carbonyl (C=O) groups excluding carboxylic acids is 1. The van der Waals surface area contributed by atoms with Crippen LogP contribution in [0.1, 0.15) is 49.5 Å². The van der Waals surface area contributed by atoms with Gasteiger partial charge < -0.3 is 16.2 Å². The first kappa shape index (κ1) is 18.2. The minimum Gasteiger partial charge on any atom is -0.386 e. The van der Waals surface area contributed by atoms with Crippen LogP contribution in [0.25, 0.3) is 0 Å². The molecule has 0 saturated heterocycles. The standard InChI is InChI=1S/C20H26N2O2/c1-2-3-14-17(21)20(24)22-18(15-10-6-4-7-11-15)19(23)16-12-8-5-9-13-16/h4-13,17-19,23H,2-3,14,21H2,1H3,(H,22,24)/t17-,18-,19-/m0/s1. The van der Waals surface area contributed by atoms with Gasteiger partial charge in [-0.05, 0) is 17.5 Å². The van der Waals surface area contributed by atoms with Crippen LogP contribution in [-0.2, 0) is 4.79 Å². The fraction of sp³-hybridized carbons (Fsp3) is 0.350. The molecule has 0 heterocycles. The zero-order valence-corrected chi connectivity index (χ0v) is 14.1. The number of hydrogen-bond donors (Lipinski definition) is 3. The van der Waals surface area contributed by atoms with Crippen molar-refractivity contribution < 1.29 is 9.90 Å². The van der Waals surface area contributed by atoms with Crippen LogP contribution >= 0.6 is 0 Å². The Bertz CT molecular complexity index is 616. The highest BCUT2D eigenvalue weighted by atomic mass is 16.3. The molecule has 4 heteroatoms. The summed E-state index contributed by atoms with van der Waals surface area (Å²) < 4.78 is 0. The summed E-state index contributed by atoms with van der Waals surface area (Å²) in [5.41, 5.74) is 7.58. The average molecular weight is 326 g/mol. The van der Waals surface area contributed by atoms with Gasteiger partial charge in [0.15, 0.2) is 0 Å². The molecular weight excluding hydrogens is 300 g/mol. The van der Waals surface area contributed by atoms with Crippen molar-refractivity contribution in [1.29, 1.82) is 0 Å². The topological polar surface area (TPSA) is 75.4 Å². The van der Waals surface area contributed by atoms with Crippen molar-refractivity contribution >= 4 is 5.91 Å². The Morgan fingerprint density at radius 2 is 1.58 bits per heavy atom. The van der Waals surface area contributed by atoms with Crippen LogP contribution in [0.4, 0.5) is 0 Å². The van der Waals surface area contributed by atoms with Crippen LogP contribution in [0.2, 0.25) is 0 Å². The Kier molecular flexibility index (Phi) is 6.97. The van der Waals surface area contributed by atoms with Gasteiger partial charge in [-0.2, -0.15) is 0 Å². The minimum atomic E-state index is -0.837. The van der Waals surface area contributed by atoms with Gasteiger partial charge in [-0.3, -0.25) is 4.79 Å². The first-order valence-corrected chi connectivity index (χ1v) is 8.47. The molecule has 128 valence electrons. The van der Waals surface area contributed by atoms with Crippen molar-refractivity contribution in [3.63, 3.8) is 0 Å². The summed E-state index contributed by atoms with van der Waals surface area (Å²) in [6.45, 7) is 2.07. The molecule has 2 aromatic carbocycles. The molecule has 0 saturated carbocycles. The molecule has 24 heavy (non-hydrogen) atoms. The van der Waals surface area contributed by atoms with Gasteiger partial charge in [-0.1, -0.05) is 80.4 Å². The highest BCUT2D eigenvalue weighted by molar-refractivity contribution is 5.82. The van der Waals surface area contributed by atoms with Crippen LogP contribution in [0, 0.1) is 0 Å². The van der Waals surface area contributed by atoms with E-state index in [2.05, 4.69) is 12.2 Å². The molecule has 2 rings (SSSR count). The molecule has 0 aliphatic rings. The van der Waals surface area contributed by atoms with E-state index in [1.54, 1.807) is 0 Å². The van der Waals surface area contributed by atoms with Crippen molar-refractivity contribution in [2.24, 2.45) is 5.73 Å². The third-order valence-corrected chi connectivity index (χ3v) is 4.12. The molecule has 0 fully saturated rings. The first-order valence-electron chi connectivity index (χ1n) is 8.47. The number of rotatable bonds is 8. The van der Waals surface area contributed by atoms with Crippen molar-refractivity contribution in [1.82, 2.24) is 5.32 Å². The number of nitrogens with two attached hydrogens (primary N) is 1. The number of aliphatic hydroxyl groups excluding tert-OH is 1. The number of carbonyl (C=O) groups is 1. The Balaban J connectivity index is 2.19. The molecule has 0 bridgehead atoms. The molecule has 0 aromatic heterocycles. The number of unbranched alkanes of at least 4 members (excludes halogenated alkanes) is 1. The zero-order valence-electron chi connectivity index (χ0n) is 14.1. The van der Waals surface area contributed by atoms with E-state index < -0.39 is 18.2 Å². The van der Waals surface area contributed by atoms with E-state index in [4.69, 9.17) is 5.73 Å². The number of benzene rings is 2. The second-order valence-corrected chi connectivity index (χ2v) is 6.00. The number of aliphatic hydroxyl groups is 1. The van der Waals surface area contributed by atoms with Crippen molar-refractivity contribution in [2.75, 3.05) is 0 Å². The molecule has 0 aliphatic carbocycles. The molecule has 1 amide bonds. The summed E-state index contributed by atoms with van der Waals surface area (Å²) >= 11 is 0. The van der Waals surface area contributed by atoms with E-state index in [0.29, 0.717) is 6.42 Å². The predicted octanol–water partition coefficient (Wildman–Crippen LogP) is 3.10. The SMILES string of the molecule is CCCC[C@H](N)C(=O)N[C@@H](c1ccccc1)[C@@H](O)c1ccccc1. The van der Waals surface area contributed by atoms with E-state index in [9.17, 15) is 9.90 Å². The molecule has 2 aromatic rings. The Hall–Kier alpha value is -2.17. The molecule has 4 N–H and O–H groups in total. The predicted molar refractivity (Wildman–Crippen MR) is 96.2 cm³/mol. The maximum absolute atomic E-state index is 12.4. The van der Waals surface area contributed by atoms with Gasteiger partial charge in [0.2, 0.25) is 5.91 Å². The molecule has 0 aliphatic heterocycles. The van der Waals surface area contributed by atoms with Crippen LogP contribution in [-0.4, -0.2) is 17.1 Å². The third kappa shape index (κ3) is 4.91. The zero-order chi connectivity index (χ0) is 17.4. The highest BCUT2D eigenvalue weighted by Crippen LogP contribution is 2.28. The average Bonchev–Trinajstić information content (AvgIpc) is 2.64. The second kappa shape index (κ2) is 9.21. The summed E-state index contributed by atoms with van der Waals surface area (Å²) in [6, 6.07) is 17.7. The van der Waals surface area contributed by atoms with Gasteiger partial charge in [0.05, 0.1) is 12.1 Å². The lowest BCUT2D eigenvalue weighted by Gasteiger charge is -2.26. The second-order valence-electron chi connectivity index (χ2n) is 6.00. The van der Waals surface area contributed by atoms with Crippen LogP contribution in [0.3, 0.4) is 0 Å². The van der Waals surface area contributed by atoms with Crippen LogP contribution < -0.4 is 11.1 Å². The Morgan fingerprint density at radius 3 is 2.12 bits per heavy atom. The lowest BCUT2D eigenvalue weighted by molar-refractivity contribution is -0.124. The van der Waals surface area contributed by atoms with Gasteiger partial charge >= 0.3 is 0 Å². The number of amides is 1. The van der Waals surface area contributed by atoms with E-state index in [-0.39, 0.29) is 5.91 Å². The molecule has 0 unspecified atom stereocenters. The van der Waals surface area contributed by atoms with Crippen molar-refractivity contribution in [3.05, 3.63) is 71.8 Å². The van der Waals surface area contributed by atoms with Gasteiger partial charge in [-0.15, -0.1) is 0 Å². The summed E-state index contributed by atoms with van der Waals surface area (Å²) in [7, 11) is 0. The summed E-state index contributed by atoms with van der Waals surface area (Å²) in [6.07, 6.45) is 1.71. The lowest BCUT2D eigenvalue weighted by Crippen LogP contribution is -2.43. The van der Waals surface area contributed by atoms with E-state index in [0.717, 1.165) is 24.0 Å². The van der Waals surface area contributed by atoms with Gasteiger partial charge in [0.1, 0.15) is 6.10 Å². The Labute approximate surface area is 143 Å². The van der Waals surface area contributed by atoms with E-state index in [1.165, 1.54) is 0 Å². The third-order valence-electron chi connectivity index (χ3n) is 4.12. The monoisotopic (exact) mass is 326 g/mol. The van der Waals surface area contributed by atoms with E-state index in [1.807, 2.05) is 60.7 Å². The summed E-state index contributed by atoms with van der Waals surface area (Å²) in [4.78, 5) is 12.4. The molecule has 4 nitrogen and oxygen atoms in total. The number of nitrogens with one attached hydrogen (secondary N) is 1. The molecule has 3 atom stereocenters. The molecule has 0 spiro atoms. The maximum atomic E-state index is 12.4. The highest BCUT2D eigenvalue weighted by Gasteiger charge is 2.26. The minimum absolute atomic E-state index is 0.229. The van der Waals surface area contributed by atoms with Gasteiger partial charge in [0.25, 0.3) is 0 Å².